The number of likely N-dealkylation sites (tertiary alicyclic amines) is 2. The van der Waals surface area contributed by atoms with Crippen molar-refractivity contribution in [2.24, 2.45) is 5.41 Å². The summed E-state index contributed by atoms with van der Waals surface area (Å²) < 4.78 is 2.12. The van der Waals surface area contributed by atoms with Crippen LogP contribution in [0.1, 0.15) is 50.8 Å². The summed E-state index contributed by atoms with van der Waals surface area (Å²) in [5.74, 6) is 1.20. The van der Waals surface area contributed by atoms with Crippen LogP contribution in [0.4, 0.5) is 5.82 Å². The molecule has 3 aromatic heterocycles. The highest BCUT2D eigenvalue weighted by Gasteiger charge is 2.40. The highest BCUT2D eigenvalue weighted by Crippen LogP contribution is 2.39. The van der Waals surface area contributed by atoms with Gasteiger partial charge in [0.1, 0.15) is 11.3 Å². The van der Waals surface area contributed by atoms with Gasteiger partial charge in [-0.15, -0.1) is 0 Å². The van der Waals surface area contributed by atoms with Crippen LogP contribution in [0, 0.1) is 5.41 Å². The van der Waals surface area contributed by atoms with Crippen LogP contribution in [-0.2, 0) is 6.54 Å². The predicted molar refractivity (Wildman–Crippen MR) is 169 cm³/mol. The van der Waals surface area contributed by atoms with E-state index in [0.717, 1.165) is 52.5 Å². The molecule has 1 unspecified atom stereocenters. The van der Waals surface area contributed by atoms with Crippen molar-refractivity contribution in [3.8, 4) is 17.1 Å². The van der Waals surface area contributed by atoms with Gasteiger partial charge in [-0.05, 0) is 106 Å². The van der Waals surface area contributed by atoms with Crippen molar-refractivity contribution >= 4 is 22.6 Å². The minimum Gasteiger partial charge on any atom is -0.383 e. The average molecular weight is 548 g/mol. The second kappa shape index (κ2) is 11.6. The van der Waals surface area contributed by atoms with Crippen molar-refractivity contribution < 1.29 is 0 Å². The van der Waals surface area contributed by atoms with Gasteiger partial charge < -0.3 is 10.6 Å². The minimum absolute atomic E-state index is 0.456. The predicted octanol–water partition coefficient (Wildman–Crippen LogP) is 6.35. The molecule has 2 aliphatic heterocycles. The van der Waals surface area contributed by atoms with E-state index in [1.165, 1.54) is 51.0 Å². The number of imidazole rings is 1. The number of anilines is 1. The van der Waals surface area contributed by atoms with Crippen molar-refractivity contribution in [3.63, 3.8) is 0 Å². The Hall–Kier alpha value is -3.81. The topological polar surface area (TPSA) is 76.1 Å². The lowest BCUT2D eigenvalue weighted by Crippen LogP contribution is -2.42. The third-order valence-corrected chi connectivity index (χ3v) is 8.62. The fourth-order valence-corrected chi connectivity index (χ4v) is 6.77. The monoisotopic (exact) mass is 547 g/mol. The zero-order valence-corrected chi connectivity index (χ0v) is 24.6. The molecule has 0 amide bonds. The number of nitrogens with zero attached hydrogens (tertiary/aromatic N) is 6. The molecule has 2 saturated heterocycles. The minimum atomic E-state index is 0.456. The molecule has 1 aromatic carbocycles. The molecule has 0 saturated carbocycles. The molecular formula is C34H41N7. The van der Waals surface area contributed by atoms with Crippen LogP contribution in [0.2, 0.25) is 0 Å². The van der Waals surface area contributed by atoms with Crippen molar-refractivity contribution in [1.29, 1.82) is 0 Å². The lowest BCUT2D eigenvalue weighted by Gasteiger charge is -2.38. The standard InChI is InChI=1S/C34H41N7/c1-4-8-26(9-5-2)29-15-16-30-33(37-29)41(32(38-30)28-10-6-19-36-31(28)35)27-13-11-25(12-14-27)22-40-21-18-34(24-40)17-7-20-39(3)23-34/h4,6,8-16,19H,5,7,17-18,20-24H2,1-3H3,(H2,35,36)/b8-4-,26-9+. The van der Waals surface area contributed by atoms with Gasteiger partial charge in [-0.3, -0.25) is 9.47 Å². The molecule has 0 radical (unpaired) electrons. The molecule has 7 heteroatoms. The maximum absolute atomic E-state index is 6.35. The first-order valence-corrected chi connectivity index (χ1v) is 14.9. The van der Waals surface area contributed by atoms with E-state index >= 15 is 0 Å². The zero-order chi connectivity index (χ0) is 28.4. The molecule has 41 heavy (non-hydrogen) atoms. The maximum atomic E-state index is 6.35. The SMILES string of the molecule is C/C=C\C(=C/CC)c1ccc2nc(-c3cccnc3N)n(-c3ccc(CN4CCC5(CCCN(C)C5)C4)cc3)c2n1. The van der Waals surface area contributed by atoms with E-state index in [9.17, 15) is 0 Å². The van der Waals surface area contributed by atoms with E-state index < -0.39 is 0 Å². The summed E-state index contributed by atoms with van der Waals surface area (Å²) in [4.78, 5) is 19.6. The van der Waals surface area contributed by atoms with Crippen LogP contribution >= 0.6 is 0 Å². The van der Waals surface area contributed by atoms with E-state index in [4.69, 9.17) is 15.7 Å². The van der Waals surface area contributed by atoms with Crippen LogP contribution in [0.3, 0.4) is 0 Å². The molecule has 1 spiro atoms. The number of pyridine rings is 2. The molecule has 0 bridgehead atoms. The van der Waals surface area contributed by atoms with Crippen LogP contribution in [0.25, 0.3) is 33.8 Å². The summed E-state index contributed by atoms with van der Waals surface area (Å²) in [6.45, 7) is 10.0. The number of allylic oxidation sites excluding steroid dienone is 4. The Kier molecular flexibility index (Phi) is 7.73. The number of nitrogen functional groups attached to an aromatic ring is 1. The number of nitrogens with two attached hydrogens (primary N) is 1. The Morgan fingerprint density at radius 2 is 1.88 bits per heavy atom. The molecular weight excluding hydrogens is 506 g/mol. The summed E-state index contributed by atoms with van der Waals surface area (Å²) >= 11 is 0. The van der Waals surface area contributed by atoms with E-state index in [-0.39, 0.29) is 0 Å². The van der Waals surface area contributed by atoms with Gasteiger partial charge in [0.25, 0.3) is 0 Å². The van der Waals surface area contributed by atoms with Gasteiger partial charge in [-0.25, -0.2) is 15.0 Å². The largest absolute Gasteiger partial charge is 0.383 e. The van der Waals surface area contributed by atoms with Crippen LogP contribution in [-0.4, -0.2) is 62.5 Å². The van der Waals surface area contributed by atoms with Crippen molar-refractivity contribution in [2.45, 2.75) is 46.1 Å². The lowest BCUT2D eigenvalue weighted by molar-refractivity contribution is 0.112. The number of aromatic nitrogens is 4. The van der Waals surface area contributed by atoms with Gasteiger partial charge in [-0.1, -0.05) is 37.3 Å². The summed E-state index contributed by atoms with van der Waals surface area (Å²) in [6.07, 6.45) is 13.0. The summed E-state index contributed by atoms with van der Waals surface area (Å²) in [5, 5.41) is 0. The van der Waals surface area contributed by atoms with Crippen molar-refractivity contribution in [1.82, 2.24) is 29.3 Å². The quantitative estimate of drug-likeness (QED) is 0.272. The molecule has 2 N–H and O–H groups in total. The molecule has 2 fully saturated rings. The van der Waals surface area contributed by atoms with Crippen LogP contribution < -0.4 is 5.73 Å². The van der Waals surface area contributed by atoms with Crippen molar-refractivity contribution in [3.05, 3.63) is 84.2 Å². The second-order valence-corrected chi connectivity index (χ2v) is 11.8. The third-order valence-electron chi connectivity index (χ3n) is 8.62. The fraction of sp³-hybridized carbons (Fsp3) is 0.382. The number of rotatable bonds is 7. The van der Waals surface area contributed by atoms with Gasteiger partial charge >= 0.3 is 0 Å². The van der Waals surface area contributed by atoms with Gasteiger partial charge in [0.05, 0.1) is 11.3 Å². The summed E-state index contributed by atoms with van der Waals surface area (Å²) in [6, 6.07) is 16.9. The molecule has 4 aromatic rings. The summed E-state index contributed by atoms with van der Waals surface area (Å²) in [7, 11) is 2.27. The first kappa shape index (κ1) is 27.4. The van der Waals surface area contributed by atoms with E-state index in [1.54, 1.807) is 6.20 Å². The Labute approximate surface area is 243 Å². The first-order valence-electron chi connectivity index (χ1n) is 14.9. The number of hydrogen-bond acceptors (Lipinski definition) is 6. The summed E-state index contributed by atoms with van der Waals surface area (Å²) in [5.41, 5.74) is 13.6. The molecule has 1 atom stereocenters. The molecule has 6 rings (SSSR count). The van der Waals surface area contributed by atoms with Gasteiger partial charge in [0.15, 0.2) is 11.5 Å². The number of hydrogen-bond donors (Lipinski definition) is 1. The molecule has 7 nitrogen and oxygen atoms in total. The first-order chi connectivity index (χ1) is 20.0. The highest BCUT2D eigenvalue weighted by atomic mass is 15.2. The van der Waals surface area contributed by atoms with Gasteiger partial charge in [0.2, 0.25) is 0 Å². The molecule has 212 valence electrons. The second-order valence-electron chi connectivity index (χ2n) is 11.8. The Morgan fingerprint density at radius 1 is 1.02 bits per heavy atom. The smallest absolute Gasteiger partial charge is 0.165 e. The number of benzene rings is 1. The molecule has 0 aliphatic carbocycles. The van der Waals surface area contributed by atoms with Gasteiger partial charge in [-0.2, -0.15) is 0 Å². The molecule has 5 heterocycles. The average Bonchev–Trinajstić information content (AvgIpc) is 3.54. The van der Waals surface area contributed by atoms with E-state index in [1.807, 2.05) is 25.1 Å². The number of fused-ring (bicyclic) bond motifs is 1. The fourth-order valence-electron chi connectivity index (χ4n) is 6.77. The Bertz CT molecular complexity index is 1580. The van der Waals surface area contributed by atoms with Crippen LogP contribution in [0.15, 0.2) is 73.0 Å². The maximum Gasteiger partial charge on any atom is 0.165 e. The normalized spacial score (nSPS) is 20.6. The lowest BCUT2D eigenvalue weighted by atomic mass is 9.79. The third kappa shape index (κ3) is 5.56. The Morgan fingerprint density at radius 3 is 2.63 bits per heavy atom. The van der Waals surface area contributed by atoms with Gasteiger partial charge in [0, 0.05) is 31.5 Å². The highest BCUT2D eigenvalue weighted by molar-refractivity contribution is 5.85. The Balaban J connectivity index is 1.35. The van der Waals surface area contributed by atoms with E-state index in [0.29, 0.717) is 11.2 Å². The van der Waals surface area contributed by atoms with E-state index in [2.05, 4.69) is 81.9 Å². The molecule has 2 aliphatic rings. The van der Waals surface area contributed by atoms with Crippen LogP contribution in [0.5, 0.6) is 0 Å². The number of piperidine rings is 1. The zero-order valence-electron chi connectivity index (χ0n) is 24.6. The van der Waals surface area contributed by atoms with Crippen molar-refractivity contribution in [2.75, 3.05) is 39.0 Å².